The van der Waals surface area contributed by atoms with Crippen molar-refractivity contribution >= 4 is 35.0 Å². The zero-order valence-corrected chi connectivity index (χ0v) is 15.9. The fourth-order valence-electron chi connectivity index (χ4n) is 3.23. The Bertz CT molecular complexity index is 827. The Morgan fingerprint density at radius 2 is 1.48 bits per heavy atom. The van der Waals surface area contributed by atoms with Crippen LogP contribution in [0.4, 0.5) is 0 Å². The van der Waals surface area contributed by atoms with Gasteiger partial charge in [0.15, 0.2) is 0 Å². The van der Waals surface area contributed by atoms with Gasteiger partial charge in [-0.05, 0) is 19.1 Å². The van der Waals surface area contributed by atoms with Gasteiger partial charge in [-0.3, -0.25) is 9.59 Å². The van der Waals surface area contributed by atoms with Crippen LogP contribution in [0.2, 0.25) is 10.0 Å². The van der Waals surface area contributed by atoms with Crippen LogP contribution in [0.15, 0.2) is 24.5 Å². The van der Waals surface area contributed by atoms with Crippen LogP contribution in [0.1, 0.15) is 27.9 Å². The number of halogens is 2. The minimum Gasteiger partial charge on any atom is -0.345 e. The van der Waals surface area contributed by atoms with Crippen LogP contribution in [0.25, 0.3) is 0 Å². The second-order valence-electron chi connectivity index (χ2n) is 6.41. The molecule has 8 heteroatoms. The lowest BCUT2D eigenvalue weighted by Crippen LogP contribution is -2.55. The van der Waals surface area contributed by atoms with E-state index in [4.69, 9.17) is 23.2 Å². The molecule has 25 heavy (non-hydrogen) atoms. The Morgan fingerprint density at radius 1 is 0.960 bits per heavy atom. The first-order valence-corrected chi connectivity index (χ1v) is 8.77. The summed E-state index contributed by atoms with van der Waals surface area (Å²) in [5, 5.41) is 1.07. The van der Waals surface area contributed by atoms with Crippen molar-refractivity contribution in [1.29, 1.82) is 0 Å². The standard InChI is InChI=1S/C17H20Cl2N4O2/c1-11-8-22(16(24)14-6-12(18)9-20(14)2)4-5-23(11)17(25)15-7-13(19)10-21(15)3/h6-7,9-11H,4-5,8H2,1-3H3/t11-/m0/s1. The first kappa shape index (κ1) is 17.9. The summed E-state index contributed by atoms with van der Waals surface area (Å²) in [5.74, 6) is -0.147. The number of aryl methyl sites for hydroxylation is 2. The Balaban J connectivity index is 1.72. The molecule has 2 amide bonds. The van der Waals surface area contributed by atoms with E-state index in [2.05, 4.69) is 0 Å². The summed E-state index contributed by atoms with van der Waals surface area (Å²) >= 11 is 11.9. The molecule has 1 fully saturated rings. The minimum absolute atomic E-state index is 0.0732. The largest absolute Gasteiger partial charge is 0.345 e. The Hall–Kier alpha value is -1.92. The van der Waals surface area contributed by atoms with E-state index in [1.165, 1.54) is 0 Å². The quantitative estimate of drug-likeness (QED) is 0.801. The van der Waals surface area contributed by atoms with Crippen LogP contribution in [0, 0.1) is 0 Å². The molecule has 0 radical (unpaired) electrons. The summed E-state index contributed by atoms with van der Waals surface area (Å²) in [6, 6.07) is 3.24. The normalized spacial score (nSPS) is 17.9. The van der Waals surface area contributed by atoms with Crippen molar-refractivity contribution in [3.63, 3.8) is 0 Å². The van der Waals surface area contributed by atoms with E-state index >= 15 is 0 Å². The molecule has 0 unspecified atom stereocenters. The lowest BCUT2D eigenvalue weighted by atomic mass is 10.1. The lowest BCUT2D eigenvalue weighted by molar-refractivity contribution is 0.0404. The molecule has 1 aliphatic rings. The SMILES string of the molecule is C[C@H]1CN(C(=O)c2cc(Cl)cn2C)CCN1C(=O)c1cc(Cl)cn1C. The van der Waals surface area contributed by atoms with E-state index in [9.17, 15) is 9.59 Å². The number of carbonyl (C=O) groups excluding carboxylic acids is 2. The molecule has 0 N–H and O–H groups in total. The Labute approximate surface area is 156 Å². The van der Waals surface area contributed by atoms with Crippen molar-refractivity contribution in [2.45, 2.75) is 13.0 Å². The van der Waals surface area contributed by atoms with Gasteiger partial charge in [0.25, 0.3) is 11.8 Å². The molecule has 134 valence electrons. The highest BCUT2D eigenvalue weighted by Crippen LogP contribution is 2.20. The number of amides is 2. The summed E-state index contributed by atoms with van der Waals surface area (Å²) in [7, 11) is 3.59. The second-order valence-corrected chi connectivity index (χ2v) is 7.28. The first-order valence-electron chi connectivity index (χ1n) is 8.02. The van der Waals surface area contributed by atoms with Crippen LogP contribution in [-0.4, -0.2) is 56.4 Å². The van der Waals surface area contributed by atoms with Gasteiger partial charge in [0.05, 0.1) is 10.0 Å². The molecule has 0 bridgehead atoms. The predicted octanol–water partition coefficient (Wildman–Crippen LogP) is 2.66. The smallest absolute Gasteiger partial charge is 0.270 e. The average Bonchev–Trinajstić information content (AvgIpc) is 3.06. The molecule has 1 saturated heterocycles. The molecule has 0 aromatic carbocycles. The van der Waals surface area contributed by atoms with Crippen molar-refractivity contribution in [3.8, 4) is 0 Å². The molecule has 0 saturated carbocycles. The van der Waals surface area contributed by atoms with Crippen LogP contribution in [0.3, 0.4) is 0 Å². The highest BCUT2D eigenvalue weighted by molar-refractivity contribution is 6.31. The highest BCUT2D eigenvalue weighted by Gasteiger charge is 2.32. The van der Waals surface area contributed by atoms with Crippen LogP contribution in [0.5, 0.6) is 0 Å². The zero-order chi connectivity index (χ0) is 18.3. The highest BCUT2D eigenvalue weighted by atomic mass is 35.5. The maximum Gasteiger partial charge on any atom is 0.270 e. The minimum atomic E-state index is -0.0883. The van der Waals surface area contributed by atoms with Crippen LogP contribution < -0.4 is 0 Å². The van der Waals surface area contributed by atoms with Gasteiger partial charge in [0.1, 0.15) is 11.4 Å². The predicted molar refractivity (Wildman–Crippen MR) is 97.2 cm³/mol. The molecule has 3 heterocycles. The van der Waals surface area contributed by atoms with Gasteiger partial charge in [0, 0.05) is 52.2 Å². The molecule has 1 aliphatic heterocycles. The van der Waals surface area contributed by atoms with Gasteiger partial charge in [0.2, 0.25) is 0 Å². The molecular formula is C17H20Cl2N4O2. The van der Waals surface area contributed by atoms with Gasteiger partial charge in [-0.2, -0.15) is 0 Å². The zero-order valence-electron chi connectivity index (χ0n) is 14.4. The van der Waals surface area contributed by atoms with Crippen molar-refractivity contribution in [2.75, 3.05) is 19.6 Å². The third kappa shape index (κ3) is 3.41. The van der Waals surface area contributed by atoms with Crippen molar-refractivity contribution in [1.82, 2.24) is 18.9 Å². The number of carbonyl (C=O) groups is 2. The van der Waals surface area contributed by atoms with Gasteiger partial charge < -0.3 is 18.9 Å². The van der Waals surface area contributed by atoms with Crippen molar-refractivity contribution in [3.05, 3.63) is 46.0 Å². The van der Waals surface area contributed by atoms with E-state index in [0.29, 0.717) is 41.1 Å². The lowest BCUT2D eigenvalue weighted by Gasteiger charge is -2.39. The Kier molecular flexibility index (Phi) is 4.84. The van der Waals surface area contributed by atoms with Crippen LogP contribution >= 0.6 is 23.2 Å². The fourth-order valence-corrected chi connectivity index (χ4v) is 3.73. The van der Waals surface area contributed by atoms with Crippen molar-refractivity contribution in [2.24, 2.45) is 14.1 Å². The number of hydrogen-bond donors (Lipinski definition) is 0. The second kappa shape index (κ2) is 6.77. The number of hydrogen-bond acceptors (Lipinski definition) is 2. The maximum atomic E-state index is 12.8. The fraction of sp³-hybridized carbons (Fsp3) is 0.412. The topological polar surface area (TPSA) is 50.5 Å². The first-order chi connectivity index (χ1) is 11.8. The van der Waals surface area contributed by atoms with E-state index in [-0.39, 0.29) is 17.9 Å². The number of rotatable bonds is 2. The van der Waals surface area contributed by atoms with E-state index in [0.717, 1.165) is 0 Å². The Morgan fingerprint density at radius 3 is 1.92 bits per heavy atom. The summed E-state index contributed by atoms with van der Waals surface area (Å²) in [5.41, 5.74) is 1.09. The molecule has 1 atom stereocenters. The third-order valence-electron chi connectivity index (χ3n) is 4.56. The number of nitrogens with zero attached hydrogens (tertiary/aromatic N) is 4. The van der Waals surface area contributed by atoms with Gasteiger partial charge in [-0.1, -0.05) is 23.2 Å². The molecule has 3 rings (SSSR count). The summed E-state index contributed by atoms with van der Waals surface area (Å²) in [4.78, 5) is 29.0. The summed E-state index contributed by atoms with van der Waals surface area (Å²) < 4.78 is 3.44. The van der Waals surface area contributed by atoms with E-state index in [1.54, 1.807) is 57.6 Å². The average molecular weight is 383 g/mol. The molecule has 2 aromatic heterocycles. The van der Waals surface area contributed by atoms with Gasteiger partial charge in [-0.15, -0.1) is 0 Å². The van der Waals surface area contributed by atoms with E-state index in [1.807, 2.05) is 6.92 Å². The van der Waals surface area contributed by atoms with E-state index < -0.39 is 0 Å². The monoisotopic (exact) mass is 382 g/mol. The van der Waals surface area contributed by atoms with Crippen LogP contribution in [-0.2, 0) is 14.1 Å². The number of piperazine rings is 1. The number of aromatic nitrogens is 2. The van der Waals surface area contributed by atoms with Crippen molar-refractivity contribution < 1.29 is 9.59 Å². The molecule has 2 aromatic rings. The summed E-state index contributed by atoms with van der Waals surface area (Å²) in [6.07, 6.45) is 3.41. The maximum absolute atomic E-state index is 12.8. The van der Waals surface area contributed by atoms with Gasteiger partial charge >= 0.3 is 0 Å². The molecular weight excluding hydrogens is 363 g/mol. The van der Waals surface area contributed by atoms with Gasteiger partial charge in [-0.25, -0.2) is 0 Å². The molecule has 0 aliphatic carbocycles. The third-order valence-corrected chi connectivity index (χ3v) is 4.97. The summed E-state index contributed by atoms with van der Waals surface area (Å²) in [6.45, 7) is 3.38. The molecule has 6 nitrogen and oxygen atoms in total. The molecule has 0 spiro atoms.